The largest absolute Gasteiger partial charge is 0.496 e. The van der Waals surface area contributed by atoms with Crippen molar-refractivity contribution in [1.29, 1.82) is 0 Å². The minimum atomic E-state index is 0.695. The predicted octanol–water partition coefficient (Wildman–Crippen LogP) is 3.83. The fraction of sp³-hybridized carbons (Fsp3) is 0.625. The van der Waals surface area contributed by atoms with Gasteiger partial charge in [0.1, 0.15) is 5.75 Å². The molecule has 0 bridgehead atoms. The summed E-state index contributed by atoms with van der Waals surface area (Å²) in [7, 11) is 1.73. The van der Waals surface area contributed by atoms with E-state index in [9.17, 15) is 0 Å². The lowest BCUT2D eigenvalue weighted by molar-refractivity contribution is 0.250. The zero-order valence-corrected chi connectivity index (χ0v) is 12.5. The Labute approximate surface area is 121 Å². The number of nitrogens with one attached hydrogen (secondary N) is 1. The number of hydrogen-bond acceptors (Lipinski definition) is 2. The van der Waals surface area contributed by atoms with Crippen LogP contribution in [-0.4, -0.2) is 19.5 Å². The molecule has 1 aliphatic rings. The molecule has 2 rings (SSSR count). The van der Waals surface area contributed by atoms with Crippen molar-refractivity contribution in [3.8, 4) is 5.75 Å². The van der Waals surface area contributed by atoms with Gasteiger partial charge in [0, 0.05) is 18.0 Å². The number of ether oxygens (including phenoxy) is 1. The SMILES string of the molecule is COc1ccccc1CNCC1CCCCC1CCl. The molecule has 0 amide bonds. The first-order valence-electron chi connectivity index (χ1n) is 7.23. The van der Waals surface area contributed by atoms with Gasteiger partial charge in [-0.3, -0.25) is 0 Å². The van der Waals surface area contributed by atoms with E-state index in [0.29, 0.717) is 5.92 Å². The molecule has 1 fully saturated rings. The molecule has 0 aromatic heterocycles. The fourth-order valence-corrected chi connectivity index (χ4v) is 3.40. The molecule has 106 valence electrons. The van der Waals surface area contributed by atoms with E-state index in [0.717, 1.165) is 30.6 Å². The monoisotopic (exact) mass is 281 g/mol. The topological polar surface area (TPSA) is 21.3 Å². The van der Waals surface area contributed by atoms with Gasteiger partial charge in [-0.15, -0.1) is 11.6 Å². The maximum absolute atomic E-state index is 6.07. The Morgan fingerprint density at radius 3 is 2.68 bits per heavy atom. The van der Waals surface area contributed by atoms with Gasteiger partial charge in [0.05, 0.1) is 7.11 Å². The molecule has 0 saturated heterocycles. The van der Waals surface area contributed by atoms with E-state index in [1.807, 2.05) is 12.1 Å². The highest BCUT2D eigenvalue weighted by Gasteiger charge is 2.23. The average Bonchev–Trinajstić information content (AvgIpc) is 2.48. The van der Waals surface area contributed by atoms with Gasteiger partial charge < -0.3 is 10.1 Å². The molecule has 0 heterocycles. The normalized spacial score (nSPS) is 23.3. The molecule has 1 aliphatic carbocycles. The highest BCUT2D eigenvalue weighted by atomic mass is 35.5. The van der Waals surface area contributed by atoms with Crippen LogP contribution in [-0.2, 0) is 6.54 Å². The average molecular weight is 282 g/mol. The number of hydrogen-bond donors (Lipinski definition) is 1. The highest BCUT2D eigenvalue weighted by Crippen LogP contribution is 2.30. The van der Waals surface area contributed by atoms with Gasteiger partial charge >= 0.3 is 0 Å². The number of halogens is 1. The van der Waals surface area contributed by atoms with Crippen LogP contribution in [0.1, 0.15) is 31.2 Å². The maximum Gasteiger partial charge on any atom is 0.123 e. The predicted molar refractivity (Wildman–Crippen MR) is 80.9 cm³/mol. The van der Waals surface area contributed by atoms with Crippen LogP contribution in [0.2, 0.25) is 0 Å². The zero-order valence-electron chi connectivity index (χ0n) is 11.7. The molecular formula is C16H24ClNO. The summed E-state index contributed by atoms with van der Waals surface area (Å²) in [6, 6.07) is 8.19. The smallest absolute Gasteiger partial charge is 0.123 e. The Kier molecular flexibility index (Phi) is 5.99. The molecule has 2 nitrogen and oxygen atoms in total. The summed E-state index contributed by atoms with van der Waals surface area (Å²) in [5, 5.41) is 3.57. The van der Waals surface area contributed by atoms with Crippen molar-refractivity contribution < 1.29 is 4.74 Å². The van der Waals surface area contributed by atoms with E-state index in [2.05, 4.69) is 17.4 Å². The first-order chi connectivity index (χ1) is 9.35. The van der Waals surface area contributed by atoms with Crippen LogP contribution in [0.25, 0.3) is 0 Å². The van der Waals surface area contributed by atoms with Crippen molar-refractivity contribution in [2.45, 2.75) is 32.2 Å². The summed E-state index contributed by atoms with van der Waals surface area (Å²) in [6.07, 6.45) is 5.32. The van der Waals surface area contributed by atoms with E-state index in [1.165, 1.54) is 31.2 Å². The number of alkyl halides is 1. The molecule has 1 saturated carbocycles. The third-order valence-electron chi connectivity index (χ3n) is 4.18. The van der Waals surface area contributed by atoms with Crippen LogP contribution in [0.15, 0.2) is 24.3 Å². The summed E-state index contributed by atoms with van der Waals surface area (Å²) in [6.45, 7) is 1.94. The van der Waals surface area contributed by atoms with Gasteiger partial charge in [0.25, 0.3) is 0 Å². The Morgan fingerprint density at radius 1 is 1.21 bits per heavy atom. The second-order valence-corrected chi connectivity index (χ2v) is 5.71. The lowest BCUT2D eigenvalue weighted by Gasteiger charge is -2.30. The molecule has 2 atom stereocenters. The third-order valence-corrected chi connectivity index (χ3v) is 4.58. The van der Waals surface area contributed by atoms with E-state index in [-0.39, 0.29) is 0 Å². The van der Waals surface area contributed by atoms with E-state index in [4.69, 9.17) is 16.3 Å². The summed E-state index contributed by atoms with van der Waals surface area (Å²) in [4.78, 5) is 0. The fourth-order valence-electron chi connectivity index (χ4n) is 3.00. The number of rotatable bonds is 6. The van der Waals surface area contributed by atoms with Gasteiger partial charge in [0.15, 0.2) is 0 Å². The summed E-state index contributed by atoms with van der Waals surface area (Å²) in [5.41, 5.74) is 1.23. The van der Waals surface area contributed by atoms with Crippen LogP contribution in [0.3, 0.4) is 0 Å². The van der Waals surface area contributed by atoms with Gasteiger partial charge in [0.2, 0.25) is 0 Å². The lowest BCUT2D eigenvalue weighted by atomic mass is 9.80. The summed E-state index contributed by atoms with van der Waals surface area (Å²) < 4.78 is 5.37. The standard InChI is InChI=1S/C16H24ClNO/c1-19-16-9-5-4-8-15(16)12-18-11-14-7-3-2-6-13(14)10-17/h4-5,8-9,13-14,18H,2-3,6-7,10-12H2,1H3. The Bertz CT molecular complexity index is 383. The van der Waals surface area contributed by atoms with Crippen molar-refractivity contribution >= 4 is 11.6 Å². The second-order valence-electron chi connectivity index (χ2n) is 5.40. The van der Waals surface area contributed by atoms with Crippen molar-refractivity contribution in [3.05, 3.63) is 29.8 Å². The third kappa shape index (κ3) is 4.12. The lowest BCUT2D eigenvalue weighted by Crippen LogP contribution is -2.31. The van der Waals surface area contributed by atoms with E-state index >= 15 is 0 Å². The minimum absolute atomic E-state index is 0.695. The van der Waals surface area contributed by atoms with Crippen molar-refractivity contribution in [2.24, 2.45) is 11.8 Å². The van der Waals surface area contributed by atoms with Crippen molar-refractivity contribution in [1.82, 2.24) is 5.32 Å². The van der Waals surface area contributed by atoms with Crippen LogP contribution >= 0.6 is 11.6 Å². The molecule has 0 spiro atoms. The Morgan fingerprint density at radius 2 is 1.95 bits per heavy atom. The van der Waals surface area contributed by atoms with E-state index < -0.39 is 0 Å². The molecule has 1 N–H and O–H groups in total. The summed E-state index contributed by atoms with van der Waals surface area (Å²) in [5.74, 6) is 3.20. The minimum Gasteiger partial charge on any atom is -0.496 e. The first-order valence-corrected chi connectivity index (χ1v) is 7.77. The molecule has 19 heavy (non-hydrogen) atoms. The van der Waals surface area contributed by atoms with Crippen molar-refractivity contribution in [3.63, 3.8) is 0 Å². The van der Waals surface area contributed by atoms with Crippen LogP contribution < -0.4 is 10.1 Å². The molecule has 3 heteroatoms. The number of methoxy groups -OCH3 is 1. The molecule has 0 aliphatic heterocycles. The molecular weight excluding hydrogens is 258 g/mol. The first kappa shape index (κ1) is 14.7. The van der Waals surface area contributed by atoms with Crippen LogP contribution in [0, 0.1) is 11.8 Å². The zero-order chi connectivity index (χ0) is 13.5. The second kappa shape index (κ2) is 7.76. The van der Waals surface area contributed by atoms with Gasteiger partial charge in [-0.1, -0.05) is 31.0 Å². The number of benzene rings is 1. The maximum atomic E-state index is 6.07. The molecule has 1 aromatic rings. The van der Waals surface area contributed by atoms with Crippen molar-refractivity contribution in [2.75, 3.05) is 19.5 Å². The highest BCUT2D eigenvalue weighted by molar-refractivity contribution is 6.18. The quantitative estimate of drug-likeness (QED) is 0.800. The van der Waals surface area contributed by atoms with Crippen LogP contribution in [0.4, 0.5) is 0 Å². The summed E-state index contributed by atoms with van der Waals surface area (Å²) >= 11 is 6.07. The molecule has 2 unspecified atom stereocenters. The Balaban J connectivity index is 1.82. The van der Waals surface area contributed by atoms with Gasteiger partial charge in [-0.25, -0.2) is 0 Å². The van der Waals surface area contributed by atoms with Crippen LogP contribution in [0.5, 0.6) is 5.75 Å². The van der Waals surface area contributed by atoms with E-state index in [1.54, 1.807) is 7.11 Å². The van der Waals surface area contributed by atoms with Gasteiger partial charge in [-0.2, -0.15) is 0 Å². The molecule has 1 aromatic carbocycles. The Hall–Kier alpha value is -0.730. The van der Waals surface area contributed by atoms with Gasteiger partial charge in [-0.05, 0) is 37.3 Å². The molecule has 0 radical (unpaired) electrons. The number of para-hydroxylation sites is 1.